The summed E-state index contributed by atoms with van der Waals surface area (Å²) in [6.07, 6.45) is 0.751. The third kappa shape index (κ3) is 3.07. The zero-order chi connectivity index (χ0) is 12.1. The van der Waals surface area contributed by atoms with Crippen molar-refractivity contribution in [2.75, 3.05) is 5.32 Å². The molecule has 0 saturated carbocycles. The van der Waals surface area contributed by atoms with E-state index in [1.807, 2.05) is 37.3 Å². The summed E-state index contributed by atoms with van der Waals surface area (Å²) < 4.78 is 5.21. The monoisotopic (exact) mass is 231 g/mol. The molecule has 5 nitrogen and oxygen atoms in total. The van der Waals surface area contributed by atoms with Gasteiger partial charge in [-0.15, -0.1) is 0 Å². The molecule has 0 aliphatic carbocycles. The van der Waals surface area contributed by atoms with E-state index in [1.54, 1.807) is 12.3 Å². The van der Waals surface area contributed by atoms with Gasteiger partial charge in [-0.2, -0.15) is 5.10 Å². The van der Waals surface area contributed by atoms with Crippen LogP contribution < -0.4 is 5.32 Å². The maximum atomic E-state index is 11.5. The predicted octanol–water partition coefficient (Wildman–Crippen LogP) is 2.72. The number of ether oxygens (including phenoxy) is 1. The Morgan fingerprint density at radius 2 is 2.12 bits per heavy atom. The van der Waals surface area contributed by atoms with Crippen molar-refractivity contribution in [3.63, 3.8) is 0 Å². The zero-order valence-corrected chi connectivity index (χ0v) is 9.38. The summed E-state index contributed by atoms with van der Waals surface area (Å²) in [5.74, 6) is 0.510. The number of carbonyl (C=O) groups is 1. The smallest absolute Gasteiger partial charge is 0.413 e. The minimum atomic E-state index is -0.509. The third-order valence-electron chi connectivity index (χ3n) is 2.29. The van der Waals surface area contributed by atoms with Gasteiger partial charge in [0.2, 0.25) is 0 Å². The number of carbonyl (C=O) groups excluding carboxylic acids is 1. The van der Waals surface area contributed by atoms with Gasteiger partial charge in [0.05, 0.1) is 6.20 Å². The van der Waals surface area contributed by atoms with Crippen molar-refractivity contribution < 1.29 is 9.53 Å². The number of nitrogens with zero attached hydrogens (tertiary/aromatic N) is 1. The molecule has 17 heavy (non-hydrogen) atoms. The second kappa shape index (κ2) is 5.16. The van der Waals surface area contributed by atoms with Crippen LogP contribution in [-0.2, 0) is 4.74 Å². The van der Waals surface area contributed by atoms with E-state index in [9.17, 15) is 4.79 Å². The molecule has 0 saturated heterocycles. The van der Waals surface area contributed by atoms with Crippen LogP contribution in [0.1, 0.15) is 18.6 Å². The molecule has 0 aliphatic heterocycles. The Balaban J connectivity index is 1.91. The number of aromatic amines is 1. The maximum Gasteiger partial charge on any atom is 0.413 e. The molecule has 1 amide bonds. The van der Waals surface area contributed by atoms with Crippen LogP contribution in [-0.4, -0.2) is 16.3 Å². The number of rotatable bonds is 3. The SMILES string of the molecule is C[C@@H](OC(=O)Nc1ccn[nH]1)c1ccccc1. The minimum Gasteiger partial charge on any atom is -0.441 e. The molecule has 0 radical (unpaired) electrons. The molecule has 2 N–H and O–H groups in total. The van der Waals surface area contributed by atoms with Crippen LogP contribution in [0.2, 0.25) is 0 Å². The van der Waals surface area contributed by atoms with Crippen LogP contribution in [0.3, 0.4) is 0 Å². The molecule has 0 bridgehead atoms. The standard InChI is InChI=1S/C12H13N3O2/c1-9(10-5-3-2-4-6-10)17-12(16)14-11-7-8-13-15-11/h2-9H,1H3,(H2,13,14,15,16)/t9-/m1/s1. The molecule has 5 heteroatoms. The van der Waals surface area contributed by atoms with Gasteiger partial charge in [-0.1, -0.05) is 30.3 Å². The van der Waals surface area contributed by atoms with Gasteiger partial charge in [0.1, 0.15) is 11.9 Å². The summed E-state index contributed by atoms with van der Waals surface area (Å²) in [6.45, 7) is 1.82. The third-order valence-corrected chi connectivity index (χ3v) is 2.29. The molecule has 0 unspecified atom stereocenters. The molecule has 88 valence electrons. The van der Waals surface area contributed by atoms with E-state index in [-0.39, 0.29) is 6.10 Å². The Morgan fingerprint density at radius 1 is 1.35 bits per heavy atom. The lowest BCUT2D eigenvalue weighted by atomic mass is 10.1. The van der Waals surface area contributed by atoms with Gasteiger partial charge < -0.3 is 4.74 Å². The number of H-pyrrole nitrogens is 1. The molecule has 1 heterocycles. The number of benzene rings is 1. The summed E-state index contributed by atoms with van der Waals surface area (Å²) in [5.41, 5.74) is 0.951. The fourth-order valence-corrected chi connectivity index (χ4v) is 1.42. The molecular formula is C12H13N3O2. The Labute approximate surface area is 98.8 Å². The van der Waals surface area contributed by atoms with Crippen molar-refractivity contribution in [1.29, 1.82) is 0 Å². The fourth-order valence-electron chi connectivity index (χ4n) is 1.42. The largest absolute Gasteiger partial charge is 0.441 e. The number of amides is 1. The number of aromatic nitrogens is 2. The molecule has 2 aromatic rings. The van der Waals surface area contributed by atoms with Crippen LogP contribution in [0, 0.1) is 0 Å². The Hall–Kier alpha value is -2.30. The van der Waals surface area contributed by atoms with E-state index < -0.39 is 6.09 Å². The van der Waals surface area contributed by atoms with Gasteiger partial charge in [0.15, 0.2) is 0 Å². The highest BCUT2D eigenvalue weighted by Gasteiger charge is 2.11. The highest BCUT2D eigenvalue weighted by atomic mass is 16.6. The second-order valence-corrected chi connectivity index (χ2v) is 3.55. The summed E-state index contributed by atoms with van der Waals surface area (Å²) in [6, 6.07) is 11.2. The number of hydrogen-bond acceptors (Lipinski definition) is 3. The highest BCUT2D eigenvalue weighted by molar-refractivity contribution is 5.83. The normalized spacial score (nSPS) is 11.8. The molecule has 2 rings (SSSR count). The minimum absolute atomic E-state index is 0.292. The first kappa shape index (κ1) is 11.2. The van der Waals surface area contributed by atoms with Gasteiger partial charge >= 0.3 is 6.09 Å². The first-order chi connectivity index (χ1) is 8.25. The maximum absolute atomic E-state index is 11.5. The average molecular weight is 231 g/mol. The molecular weight excluding hydrogens is 218 g/mol. The van der Waals surface area contributed by atoms with Crippen LogP contribution in [0.4, 0.5) is 10.6 Å². The quantitative estimate of drug-likeness (QED) is 0.853. The van der Waals surface area contributed by atoms with E-state index in [0.29, 0.717) is 5.82 Å². The summed E-state index contributed by atoms with van der Waals surface area (Å²) in [7, 11) is 0. The van der Waals surface area contributed by atoms with Gasteiger partial charge in [0, 0.05) is 6.07 Å². The number of nitrogens with one attached hydrogen (secondary N) is 2. The first-order valence-electron chi connectivity index (χ1n) is 5.27. The van der Waals surface area contributed by atoms with E-state index in [4.69, 9.17) is 4.74 Å². The van der Waals surface area contributed by atoms with Crippen molar-refractivity contribution in [3.05, 3.63) is 48.2 Å². The van der Waals surface area contributed by atoms with Gasteiger partial charge in [-0.05, 0) is 12.5 Å². The summed E-state index contributed by atoms with van der Waals surface area (Å²) in [5, 5.41) is 8.88. The topological polar surface area (TPSA) is 67.0 Å². The molecule has 0 spiro atoms. The zero-order valence-electron chi connectivity index (χ0n) is 9.38. The van der Waals surface area contributed by atoms with Crippen molar-refractivity contribution in [2.45, 2.75) is 13.0 Å². The fraction of sp³-hybridized carbons (Fsp3) is 0.167. The van der Waals surface area contributed by atoms with Crippen molar-refractivity contribution >= 4 is 11.9 Å². The lowest BCUT2D eigenvalue weighted by molar-refractivity contribution is 0.121. The number of anilines is 1. The van der Waals surface area contributed by atoms with Crippen LogP contribution in [0.5, 0.6) is 0 Å². The molecule has 0 fully saturated rings. The van der Waals surface area contributed by atoms with E-state index in [2.05, 4.69) is 15.5 Å². The summed E-state index contributed by atoms with van der Waals surface area (Å²) >= 11 is 0. The van der Waals surface area contributed by atoms with Crippen LogP contribution in [0.15, 0.2) is 42.6 Å². The molecule has 1 aromatic heterocycles. The predicted molar refractivity (Wildman–Crippen MR) is 63.5 cm³/mol. The van der Waals surface area contributed by atoms with Gasteiger partial charge in [0.25, 0.3) is 0 Å². The lowest BCUT2D eigenvalue weighted by Gasteiger charge is -2.13. The second-order valence-electron chi connectivity index (χ2n) is 3.55. The van der Waals surface area contributed by atoms with Gasteiger partial charge in [-0.25, -0.2) is 4.79 Å². The number of hydrogen-bond donors (Lipinski definition) is 2. The first-order valence-corrected chi connectivity index (χ1v) is 5.27. The van der Waals surface area contributed by atoms with Crippen LogP contribution >= 0.6 is 0 Å². The Bertz CT molecular complexity index is 468. The Morgan fingerprint density at radius 3 is 2.76 bits per heavy atom. The van der Waals surface area contributed by atoms with E-state index in [0.717, 1.165) is 5.56 Å². The molecule has 0 aliphatic rings. The molecule has 1 aromatic carbocycles. The lowest BCUT2D eigenvalue weighted by Crippen LogP contribution is -2.16. The highest BCUT2D eigenvalue weighted by Crippen LogP contribution is 2.16. The molecule has 1 atom stereocenters. The average Bonchev–Trinajstić information content (AvgIpc) is 2.82. The van der Waals surface area contributed by atoms with Crippen molar-refractivity contribution in [1.82, 2.24) is 10.2 Å². The van der Waals surface area contributed by atoms with E-state index in [1.165, 1.54) is 0 Å². The van der Waals surface area contributed by atoms with E-state index >= 15 is 0 Å². The van der Waals surface area contributed by atoms with Crippen LogP contribution in [0.25, 0.3) is 0 Å². The Kier molecular flexibility index (Phi) is 3.40. The summed E-state index contributed by atoms with van der Waals surface area (Å²) in [4.78, 5) is 11.5. The van der Waals surface area contributed by atoms with Crippen molar-refractivity contribution in [2.24, 2.45) is 0 Å². The van der Waals surface area contributed by atoms with Gasteiger partial charge in [-0.3, -0.25) is 10.4 Å². The van der Waals surface area contributed by atoms with Crippen molar-refractivity contribution in [3.8, 4) is 0 Å².